The lowest BCUT2D eigenvalue weighted by atomic mass is 10.1. The van der Waals surface area contributed by atoms with Crippen molar-refractivity contribution in [1.29, 1.82) is 0 Å². The summed E-state index contributed by atoms with van der Waals surface area (Å²) >= 11 is 0. The van der Waals surface area contributed by atoms with Crippen LogP contribution in [0.25, 0.3) is 0 Å². The van der Waals surface area contributed by atoms with E-state index in [1.807, 2.05) is 0 Å². The van der Waals surface area contributed by atoms with Crippen LogP contribution in [0.3, 0.4) is 0 Å². The van der Waals surface area contributed by atoms with Crippen molar-refractivity contribution in [2.24, 2.45) is 5.92 Å². The van der Waals surface area contributed by atoms with Crippen molar-refractivity contribution in [3.63, 3.8) is 0 Å². The van der Waals surface area contributed by atoms with Gasteiger partial charge in [-0.25, -0.2) is 17.6 Å². The van der Waals surface area contributed by atoms with Gasteiger partial charge in [0.2, 0.25) is 0 Å². The van der Waals surface area contributed by atoms with E-state index in [4.69, 9.17) is 5.11 Å². The largest absolute Gasteiger partial charge is 0.478 e. The van der Waals surface area contributed by atoms with Crippen LogP contribution in [0.4, 0.5) is 4.39 Å². The number of carboxylic acid groups (broad SMARTS) is 1. The first-order valence-corrected chi connectivity index (χ1v) is 8.22. The lowest BCUT2D eigenvalue weighted by molar-refractivity contribution is 0.0691. The SMILES string of the molecule is Cc1cc(S(=O)(=O)CC2CCCC2)cc(C(=O)O)c1F. The van der Waals surface area contributed by atoms with Gasteiger partial charge in [0.25, 0.3) is 0 Å². The van der Waals surface area contributed by atoms with Gasteiger partial charge in [0.1, 0.15) is 5.82 Å². The number of aromatic carboxylic acids is 1. The minimum Gasteiger partial charge on any atom is -0.478 e. The molecule has 110 valence electrons. The molecule has 20 heavy (non-hydrogen) atoms. The summed E-state index contributed by atoms with van der Waals surface area (Å²) in [5, 5.41) is 8.93. The molecule has 0 heterocycles. The number of benzene rings is 1. The van der Waals surface area contributed by atoms with Crippen LogP contribution in [0.15, 0.2) is 17.0 Å². The van der Waals surface area contributed by atoms with Crippen molar-refractivity contribution in [1.82, 2.24) is 0 Å². The molecule has 1 saturated carbocycles. The minimum absolute atomic E-state index is 0.0110. The summed E-state index contributed by atoms with van der Waals surface area (Å²) in [7, 11) is -3.57. The Bertz CT molecular complexity index is 631. The Morgan fingerprint density at radius 3 is 2.50 bits per heavy atom. The number of hydrogen-bond donors (Lipinski definition) is 1. The highest BCUT2D eigenvalue weighted by molar-refractivity contribution is 7.91. The van der Waals surface area contributed by atoms with Gasteiger partial charge in [0.05, 0.1) is 16.2 Å². The predicted molar refractivity (Wildman–Crippen MR) is 72.1 cm³/mol. The molecule has 0 saturated heterocycles. The highest BCUT2D eigenvalue weighted by Gasteiger charge is 2.26. The van der Waals surface area contributed by atoms with Gasteiger partial charge < -0.3 is 5.11 Å². The molecule has 0 bridgehead atoms. The maximum atomic E-state index is 13.6. The van der Waals surface area contributed by atoms with E-state index in [0.717, 1.165) is 31.7 Å². The van der Waals surface area contributed by atoms with E-state index in [1.54, 1.807) is 0 Å². The predicted octanol–water partition coefficient (Wildman–Crippen LogP) is 2.80. The number of carbonyl (C=O) groups is 1. The number of rotatable bonds is 4. The molecule has 0 aromatic heterocycles. The smallest absolute Gasteiger partial charge is 0.338 e. The molecule has 4 nitrogen and oxygen atoms in total. The average molecular weight is 300 g/mol. The van der Waals surface area contributed by atoms with Crippen LogP contribution >= 0.6 is 0 Å². The second-order valence-electron chi connectivity index (χ2n) is 5.34. The molecule has 1 aliphatic carbocycles. The molecule has 0 spiro atoms. The lowest BCUT2D eigenvalue weighted by Gasteiger charge is -2.12. The normalized spacial score (nSPS) is 16.5. The summed E-state index contributed by atoms with van der Waals surface area (Å²) in [6, 6.07) is 2.14. The summed E-state index contributed by atoms with van der Waals surface area (Å²) in [4.78, 5) is 10.9. The summed E-state index contributed by atoms with van der Waals surface area (Å²) in [5.41, 5.74) is -0.551. The highest BCUT2D eigenvalue weighted by atomic mass is 32.2. The molecule has 0 atom stereocenters. The summed E-state index contributed by atoms with van der Waals surface area (Å²) in [6.07, 6.45) is 3.82. The van der Waals surface area contributed by atoms with Crippen LogP contribution in [0.2, 0.25) is 0 Å². The fourth-order valence-corrected chi connectivity index (χ4v) is 4.46. The highest BCUT2D eigenvalue weighted by Crippen LogP contribution is 2.29. The molecule has 1 aromatic carbocycles. The number of carboxylic acids is 1. The molecular formula is C14H17FO4S. The Kier molecular flexibility index (Phi) is 4.13. The van der Waals surface area contributed by atoms with Gasteiger partial charge in [-0.2, -0.15) is 0 Å². The Morgan fingerprint density at radius 1 is 1.35 bits per heavy atom. The maximum absolute atomic E-state index is 13.6. The van der Waals surface area contributed by atoms with Gasteiger partial charge in [-0.3, -0.25) is 0 Å². The molecule has 2 rings (SSSR count). The molecular weight excluding hydrogens is 283 g/mol. The van der Waals surface area contributed by atoms with Crippen molar-refractivity contribution >= 4 is 15.8 Å². The third-order valence-electron chi connectivity index (χ3n) is 3.75. The Morgan fingerprint density at radius 2 is 1.95 bits per heavy atom. The fourth-order valence-electron chi connectivity index (χ4n) is 2.66. The molecule has 6 heteroatoms. The molecule has 0 unspecified atom stereocenters. The van der Waals surface area contributed by atoms with E-state index in [2.05, 4.69) is 0 Å². The van der Waals surface area contributed by atoms with Crippen LogP contribution in [0.1, 0.15) is 41.6 Å². The molecule has 1 aliphatic rings. The van der Waals surface area contributed by atoms with Crippen molar-refractivity contribution in [2.75, 3.05) is 5.75 Å². The Hall–Kier alpha value is -1.43. The Balaban J connectivity index is 2.38. The van der Waals surface area contributed by atoms with E-state index in [0.29, 0.717) is 0 Å². The van der Waals surface area contributed by atoms with E-state index in [-0.39, 0.29) is 22.1 Å². The topological polar surface area (TPSA) is 71.4 Å². The molecule has 1 N–H and O–H groups in total. The zero-order valence-electron chi connectivity index (χ0n) is 11.2. The first-order valence-electron chi connectivity index (χ1n) is 6.57. The van der Waals surface area contributed by atoms with Crippen LogP contribution < -0.4 is 0 Å². The van der Waals surface area contributed by atoms with E-state index in [1.165, 1.54) is 13.0 Å². The van der Waals surface area contributed by atoms with Crippen LogP contribution in [0, 0.1) is 18.7 Å². The first-order chi connectivity index (χ1) is 9.31. The molecule has 1 aromatic rings. The van der Waals surface area contributed by atoms with Gasteiger partial charge in [-0.1, -0.05) is 12.8 Å². The van der Waals surface area contributed by atoms with E-state index in [9.17, 15) is 17.6 Å². The fraction of sp³-hybridized carbons (Fsp3) is 0.500. The molecule has 1 fully saturated rings. The molecule has 0 amide bonds. The summed E-state index contributed by atoms with van der Waals surface area (Å²) in [6.45, 7) is 1.37. The summed E-state index contributed by atoms with van der Waals surface area (Å²) in [5.74, 6) is -2.20. The van der Waals surface area contributed by atoms with Crippen LogP contribution in [0.5, 0.6) is 0 Å². The van der Waals surface area contributed by atoms with Gasteiger partial charge in [-0.15, -0.1) is 0 Å². The van der Waals surface area contributed by atoms with Crippen molar-refractivity contribution in [2.45, 2.75) is 37.5 Å². The van der Waals surface area contributed by atoms with Crippen LogP contribution in [-0.2, 0) is 9.84 Å². The third-order valence-corrected chi connectivity index (χ3v) is 5.61. The van der Waals surface area contributed by atoms with Gasteiger partial charge >= 0.3 is 5.97 Å². The zero-order chi connectivity index (χ0) is 14.9. The number of sulfone groups is 1. The lowest BCUT2D eigenvalue weighted by Crippen LogP contribution is -2.15. The Labute approximate surface area is 117 Å². The molecule has 0 aliphatic heterocycles. The quantitative estimate of drug-likeness (QED) is 0.868. The van der Waals surface area contributed by atoms with Gasteiger partial charge in [-0.05, 0) is 43.4 Å². The second kappa shape index (κ2) is 5.52. The zero-order valence-corrected chi connectivity index (χ0v) is 12.0. The number of hydrogen-bond acceptors (Lipinski definition) is 3. The number of aryl methyl sites for hydroxylation is 1. The van der Waals surface area contributed by atoms with Gasteiger partial charge in [0, 0.05) is 0 Å². The maximum Gasteiger partial charge on any atom is 0.338 e. The van der Waals surface area contributed by atoms with E-state index < -0.39 is 27.2 Å². The first kappa shape index (κ1) is 15.0. The third kappa shape index (κ3) is 3.00. The van der Waals surface area contributed by atoms with Crippen molar-refractivity contribution in [3.05, 3.63) is 29.1 Å². The summed E-state index contributed by atoms with van der Waals surface area (Å²) < 4.78 is 38.3. The van der Waals surface area contributed by atoms with Gasteiger partial charge in [0.15, 0.2) is 9.84 Å². The monoisotopic (exact) mass is 300 g/mol. The second-order valence-corrected chi connectivity index (χ2v) is 7.37. The molecule has 0 radical (unpaired) electrons. The minimum atomic E-state index is -3.57. The van der Waals surface area contributed by atoms with Crippen LogP contribution in [-0.4, -0.2) is 25.2 Å². The standard InChI is InChI=1S/C14H17FO4S/c1-9-6-11(7-12(13(9)15)14(16)17)20(18,19)8-10-4-2-3-5-10/h6-7,10H,2-5,8H2,1H3,(H,16,17). The van der Waals surface area contributed by atoms with Crippen molar-refractivity contribution < 1.29 is 22.7 Å². The van der Waals surface area contributed by atoms with Crippen molar-refractivity contribution in [3.8, 4) is 0 Å². The average Bonchev–Trinajstić information content (AvgIpc) is 2.83. The van der Waals surface area contributed by atoms with E-state index >= 15 is 0 Å². The number of halogens is 1.